The molecule has 0 aliphatic heterocycles. The highest BCUT2D eigenvalue weighted by atomic mass is 35.5. The number of halogens is 1. The van der Waals surface area contributed by atoms with Gasteiger partial charge in [-0.2, -0.15) is 0 Å². The first-order valence-corrected chi connectivity index (χ1v) is 4.03. The third-order valence-electron chi connectivity index (χ3n) is 2.14. The van der Waals surface area contributed by atoms with Gasteiger partial charge < -0.3 is 5.73 Å². The summed E-state index contributed by atoms with van der Waals surface area (Å²) in [6.07, 6.45) is 3.36. The standard InChI is InChI=1S/C7H14ClN/c1-5-2-3-6(9)4-7(5)8/h5-7H,2-4,9H2,1H3. The van der Waals surface area contributed by atoms with Crippen molar-refractivity contribution in [3.63, 3.8) is 0 Å². The highest BCUT2D eigenvalue weighted by molar-refractivity contribution is 6.20. The van der Waals surface area contributed by atoms with E-state index in [4.69, 9.17) is 17.3 Å². The molecule has 0 aromatic heterocycles. The van der Waals surface area contributed by atoms with E-state index in [1.165, 1.54) is 6.42 Å². The van der Waals surface area contributed by atoms with Crippen LogP contribution >= 0.6 is 11.6 Å². The molecule has 3 atom stereocenters. The van der Waals surface area contributed by atoms with E-state index in [-0.39, 0.29) is 0 Å². The SMILES string of the molecule is CC1CCC(N)CC1Cl. The molecule has 0 aromatic carbocycles. The number of hydrogen-bond acceptors (Lipinski definition) is 1. The van der Waals surface area contributed by atoms with E-state index in [2.05, 4.69) is 6.92 Å². The maximum Gasteiger partial charge on any atom is 0.0376 e. The van der Waals surface area contributed by atoms with Crippen LogP contribution in [0.4, 0.5) is 0 Å². The van der Waals surface area contributed by atoms with Crippen LogP contribution in [-0.4, -0.2) is 11.4 Å². The van der Waals surface area contributed by atoms with Gasteiger partial charge in [0.25, 0.3) is 0 Å². The largest absolute Gasteiger partial charge is 0.328 e. The zero-order valence-corrected chi connectivity index (χ0v) is 6.56. The van der Waals surface area contributed by atoms with Crippen LogP contribution < -0.4 is 5.73 Å². The molecule has 0 aromatic rings. The summed E-state index contributed by atoms with van der Waals surface area (Å²) in [5, 5.41) is 0.328. The van der Waals surface area contributed by atoms with Gasteiger partial charge in [0.15, 0.2) is 0 Å². The molecular formula is C7H14ClN. The lowest BCUT2D eigenvalue weighted by molar-refractivity contribution is 0.354. The van der Waals surface area contributed by atoms with Gasteiger partial charge in [0.2, 0.25) is 0 Å². The van der Waals surface area contributed by atoms with Gasteiger partial charge in [-0.25, -0.2) is 0 Å². The first-order chi connectivity index (χ1) is 4.20. The maximum atomic E-state index is 5.98. The molecule has 3 unspecified atom stereocenters. The fourth-order valence-electron chi connectivity index (χ4n) is 1.30. The van der Waals surface area contributed by atoms with Gasteiger partial charge in [-0.3, -0.25) is 0 Å². The Morgan fingerprint density at radius 3 is 2.56 bits per heavy atom. The molecule has 2 heteroatoms. The predicted molar refractivity (Wildman–Crippen MR) is 40.6 cm³/mol. The molecule has 0 amide bonds. The van der Waals surface area contributed by atoms with Crippen molar-refractivity contribution in [2.75, 3.05) is 0 Å². The quantitative estimate of drug-likeness (QED) is 0.519. The van der Waals surface area contributed by atoms with Crippen LogP contribution in [0, 0.1) is 5.92 Å². The van der Waals surface area contributed by atoms with Crippen LogP contribution in [0.5, 0.6) is 0 Å². The molecule has 9 heavy (non-hydrogen) atoms. The number of alkyl halides is 1. The van der Waals surface area contributed by atoms with E-state index in [0.29, 0.717) is 17.3 Å². The Bertz CT molecular complexity index is 94.9. The van der Waals surface area contributed by atoms with E-state index in [9.17, 15) is 0 Å². The Balaban J connectivity index is 2.35. The fraction of sp³-hybridized carbons (Fsp3) is 1.00. The normalized spacial score (nSPS) is 45.0. The molecule has 1 fully saturated rings. The van der Waals surface area contributed by atoms with Crippen molar-refractivity contribution in [1.82, 2.24) is 0 Å². The van der Waals surface area contributed by atoms with Crippen LogP contribution in [0.1, 0.15) is 26.2 Å². The van der Waals surface area contributed by atoms with E-state index < -0.39 is 0 Å². The molecule has 54 valence electrons. The highest BCUT2D eigenvalue weighted by Gasteiger charge is 2.23. The third kappa shape index (κ3) is 1.84. The van der Waals surface area contributed by atoms with Gasteiger partial charge in [-0.1, -0.05) is 6.92 Å². The summed E-state index contributed by atoms with van der Waals surface area (Å²) in [6, 6.07) is 0.365. The fourth-order valence-corrected chi connectivity index (χ4v) is 1.65. The molecule has 1 saturated carbocycles. The number of nitrogens with two attached hydrogens (primary N) is 1. The second kappa shape index (κ2) is 2.89. The minimum Gasteiger partial charge on any atom is -0.328 e. The van der Waals surface area contributed by atoms with Gasteiger partial charge in [0, 0.05) is 11.4 Å². The third-order valence-corrected chi connectivity index (χ3v) is 2.75. The lowest BCUT2D eigenvalue weighted by Crippen LogP contribution is -2.32. The Labute approximate surface area is 61.6 Å². The average Bonchev–Trinajstić information content (AvgIpc) is 1.80. The maximum absolute atomic E-state index is 5.98. The van der Waals surface area contributed by atoms with Crippen LogP contribution in [0.15, 0.2) is 0 Å². The van der Waals surface area contributed by atoms with Crippen LogP contribution in [-0.2, 0) is 0 Å². The van der Waals surface area contributed by atoms with Gasteiger partial charge in [-0.05, 0) is 25.2 Å². The first-order valence-electron chi connectivity index (χ1n) is 3.60. The number of rotatable bonds is 0. The second-order valence-electron chi connectivity index (χ2n) is 3.07. The lowest BCUT2D eigenvalue weighted by atomic mass is 9.87. The van der Waals surface area contributed by atoms with Gasteiger partial charge in [0.05, 0.1) is 0 Å². The van der Waals surface area contributed by atoms with E-state index in [1.807, 2.05) is 0 Å². The summed E-state index contributed by atoms with van der Waals surface area (Å²) in [5.74, 6) is 0.673. The van der Waals surface area contributed by atoms with E-state index in [0.717, 1.165) is 12.8 Å². The van der Waals surface area contributed by atoms with Crippen LogP contribution in [0.2, 0.25) is 0 Å². The monoisotopic (exact) mass is 147 g/mol. The summed E-state index contributed by atoms with van der Waals surface area (Å²) < 4.78 is 0. The van der Waals surface area contributed by atoms with Gasteiger partial charge in [0.1, 0.15) is 0 Å². The summed E-state index contributed by atoms with van der Waals surface area (Å²) in [5.41, 5.74) is 5.70. The van der Waals surface area contributed by atoms with Crippen LogP contribution in [0.25, 0.3) is 0 Å². The molecule has 1 rings (SSSR count). The zero-order chi connectivity index (χ0) is 6.85. The molecular weight excluding hydrogens is 134 g/mol. The van der Waals surface area contributed by atoms with Crippen molar-refractivity contribution >= 4 is 11.6 Å². The summed E-state index contributed by atoms with van der Waals surface area (Å²) in [7, 11) is 0. The van der Waals surface area contributed by atoms with Crippen molar-refractivity contribution < 1.29 is 0 Å². The minimum atomic E-state index is 0.328. The predicted octanol–water partition coefficient (Wildman–Crippen LogP) is 1.74. The van der Waals surface area contributed by atoms with Crippen molar-refractivity contribution in [1.29, 1.82) is 0 Å². The molecule has 0 heterocycles. The highest BCUT2D eigenvalue weighted by Crippen LogP contribution is 2.27. The summed E-state index contributed by atoms with van der Waals surface area (Å²) in [4.78, 5) is 0. The molecule has 0 saturated heterocycles. The molecule has 1 nitrogen and oxygen atoms in total. The second-order valence-corrected chi connectivity index (χ2v) is 3.63. The van der Waals surface area contributed by atoms with Crippen molar-refractivity contribution in [2.24, 2.45) is 11.7 Å². The van der Waals surface area contributed by atoms with Crippen molar-refractivity contribution in [3.05, 3.63) is 0 Å². The van der Waals surface area contributed by atoms with Gasteiger partial charge in [-0.15, -0.1) is 11.6 Å². The zero-order valence-electron chi connectivity index (χ0n) is 5.81. The number of hydrogen-bond donors (Lipinski definition) is 1. The Hall–Kier alpha value is 0.250. The van der Waals surface area contributed by atoms with Crippen molar-refractivity contribution in [3.8, 4) is 0 Å². The van der Waals surface area contributed by atoms with Gasteiger partial charge >= 0.3 is 0 Å². The van der Waals surface area contributed by atoms with Crippen molar-refractivity contribution in [2.45, 2.75) is 37.6 Å². The van der Waals surface area contributed by atoms with E-state index in [1.54, 1.807) is 0 Å². The molecule has 1 aliphatic rings. The smallest absolute Gasteiger partial charge is 0.0376 e. The Kier molecular flexibility index (Phi) is 2.36. The minimum absolute atomic E-state index is 0.328. The molecule has 0 spiro atoms. The molecule has 1 aliphatic carbocycles. The van der Waals surface area contributed by atoms with Crippen LogP contribution in [0.3, 0.4) is 0 Å². The summed E-state index contributed by atoms with van der Waals surface area (Å²) in [6.45, 7) is 2.20. The summed E-state index contributed by atoms with van der Waals surface area (Å²) >= 11 is 5.98. The Morgan fingerprint density at radius 1 is 1.44 bits per heavy atom. The molecule has 0 radical (unpaired) electrons. The molecule has 0 bridgehead atoms. The van der Waals surface area contributed by atoms with E-state index >= 15 is 0 Å². The lowest BCUT2D eigenvalue weighted by Gasteiger charge is -2.27. The topological polar surface area (TPSA) is 26.0 Å². The average molecular weight is 148 g/mol. The molecule has 2 N–H and O–H groups in total. The first kappa shape index (κ1) is 7.36. The Morgan fingerprint density at radius 2 is 2.11 bits per heavy atom.